The summed E-state index contributed by atoms with van der Waals surface area (Å²) in [4.78, 5) is 0. The van der Waals surface area contributed by atoms with E-state index < -0.39 is 6.10 Å². The van der Waals surface area contributed by atoms with Crippen molar-refractivity contribution in [1.82, 2.24) is 0 Å². The first kappa shape index (κ1) is 14.7. The van der Waals surface area contributed by atoms with E-state index in [1.54, 1.807) is 0 Å². The van der Waals surface area contributed by atoms with Crippen molar-refractivity contribution in [1.29, 1.82) is 0 Å². The van der Waals surface area contributed by atoms with Gasteiger partial charge in [-0.25, -0.2) is 0 Å². The number of rotatable bonds is 3. The molecule has 0 bridgehead atoms. The quantitative estimate of drug-likeness (QED) is 0.866. The molecule has 0 heterocycles. The molecule has 0 aliphatic carbocycles. The summed E-state index contributed by atoms with van der Waals surface area (Å²) in [5, 5.41) is 10.3. The van der Waals surface area contributed by atoms with E-state index in [9.17, 15) is 5.11 Å². The standard InChI is InChI=1S/C11H16ClNO.ClH/c1-3-10(14)11(13)8-5-4-7(2)9(12)6-8;/h4-6,10-11,14H,3,13H2,1-2H3;1H/t10-,11+;/m0./s1. The van der Waals surface area contributed by atoms with Crippen LogP contribution in [-0.4, -0.2) is 11.2 Å². The van der Waals surface area contributed by atoms with Crippen molar-refractivity contribution in [2.45, 2.75) is 32.4 Å². The minimum atomic E-state index is -0.506. The topological polar surface area (TPSA) is 46.2 Å². The van der Waals surface area contributed by atoms with Crippen molar-refractivity contribution in [3.8, 4) is 0 Å². The number of hydrogen-bond donors (Lipinski definition) is 2. The fraction of sp³-hybridized carbons (Fsp3) is 0.455. The molecule has 0 aromatic heterocycles. The fourth-order valence-corrected chi connectivity index (χ4v) is 1.48. The van der Waals surface area contributed by atoms with Crippen molar-refractivity contribution in [3.05, 3.63) is 34.3 Å². The lowest BCUT2D eigenvalue weighted by molar-refractivity contribution is 0.140. The summed E-state index contributed by atoms with van der Waals surface area (Å²) in [5.74, 6) is 0. The summed E-state index contributed by atoms with van der Waals surface area (Å²) in [6.45, 7) is 3.84. The summed E-state index contributed by atoms with van der Waals surface area (Å²) in [7, 11) is 0. The van der Waals surface area contributed by atoms with Gasteiger partial charge in [-0.2, -0.15) is 0 Å². The van der Waals surface area contributed by atoms with Gasteiger partial charge in [-0.3, -0.25) is 0 Å². The lowest BCUT2D eigenvalue weighted by Crippen LogP contribution is -2.25. The van der Waals surface area contributed by atoms with Gasteiger partial charge in [0.25, 0.3) is 0 Å². The highest BCUT2D eigenvalue weighted by Crippen LogP contribution is 2.22. The van der Waals surface area contributed by atoms with Crippen LogP contribution in [0.15, 0.2) is 18.2 Å². The Labute approximate surface area is 102 Å². The van der Waals surface area contributed by atoms with Crippen molar-refractivity contribution in [3.63, 3.8) is 0 Å². The smallest absolute Gasteiger partial charge is 0.0730 e. The second kappa shape index (κ2) is 6.33. The van der Waals surface area contributed by atoms with Gasteiger partial charge in [-0.15, -0.1) is 12.4 Å². The van der Waals surface area contributed by atoms with Gasteiger partial charge in [0, 0.05) is 5.02 Å². The van der Waals surface area contributed by atoms with Gasteiger partial charge < -0.3 is 10.8 Å². The molecule has 0 aliphatic heterocycles. The average molecular weight is 250 g/mol. The van der Waals surface area contributed by atoms with Crippen LogP contribution in [0.4, 0.5) is 0 Å². The number of hydrogen-bond acceptors (Lipinski definition) is 2. The lowest BCUT2D eigenvalue weighted by atomic mass is 10.00. The Morgan fingerprint density at radius 3 is 2.53 bits per heavy atom. The Morgan fingerprint density at radius 2 is 2.07 bits per heavy atom. The van der Waals surface area contributed by atoms with Crippen LogP contribution >= 0.6 is 24.0 Å². The molecule has 0 unspecified atom stereocenters. The molecule has 3 N–H and O–H groups in total. The molecule has 0 fully saturated rings. The molecule has 2 atom stereocenters. The van der Waals surface area contributed by atoms with Gasteiger partial charge in [0.1, 0.15) is 0 Å². The van der Waals surface area contributed by atoms with E-state index >= 15 is 0 Å². The Bertz CT molecular complexity index is 317. The van der Waals surface area contributed by atoms with Gasteiger partial charge in [-0.1, -0.05) is 30.7 Å². The van der Waals surface area contributed by atoms with E-state index in [1.165, 1.54) is 0 Å². The van der Waals surface area contributed by atoms with Crippen LogP contribution in [0.3, 0.4) is 0 Å². The van der Waals surface area contributed by atoms with Crippen molar-refractivity contribution < 1.29 is 5.11 Å². The minimum Gasteiger partial charge on any atom is -0.391 e. The predicted molar refractivity (Wildman–Crippen MR) is 66.7 cm³/mol. The van der Waals surface area contributed by atoms with Crippen LogP contribution in [0.5, 0.6) is 0 Å². The zero-order valence-corrected chi connectivity index (χ0v) is 10.5. The van der Waals surface area contributed by atoms with Gasteiger partial charge in [0.05, 0.1) is 12.1 Å². The van der Waals surface area contributed by atoms with Gasteiger partial charge in [0.15, 0.2) is 0 Å². The molecule has 1 rings (SSSR count). The van der Waals surface area contributed by atoms with Crippen LogP contribution in [-0.2, 0) is 0 Å². The fourth-order valence-electron chi connectivity index (χ4n) is 1.29. The maximum absolute atomic E-state index is 9.57. The molecule has 0 radical (unpaired) electrons. The van der Waals surface area contributed by atoms with E-state index in [-0.39, 0.29) is 18.4 Å². The highest BCUT2D eigenvalue weighted by molar-refractivity contribution is 6.31. The number of aryl methyl sites for hydroxylation is 1. The van der Waals surface area contributed by atoms with E-state index in [2.05, 4.69) is 0 Å². The summed E-state index contributed by atoms with van der Waals surface area (Å²) in [6.07, 6.45) is 0.140. The second-order valence-electron chi connectivity index (χ2n) is 3.51. The molecule has 4 heteroatoms. The number of aliphatic hydroxyl groups is 1. The first-order chi connectivity index (χ1) is 6.56. The van der Waals surface area contributed by atoms with Crippen LogP contribution in [0.2, 0.25) is 5.02 Å². The number of benzene rings is 1. The summed E-state index contributed by atoms with van der Waals surface area (Å²) < 4.78 is 0. The molecule has 0 spiro atoms. The monoisotopic (exact) mass is 249 g/mol. The van der Waals surface area contributed by atoms with E-state index in [1.807, 2.05) is 32.0 Å². The molecule has 0 saturated heterocycles. The van der Waals surface area contributed by atoms with Crippen LogP contribution < -0.4 is 5.73 Å². The van der Waals surface area contributed by atoms with Crippen molar-refractivity contribution in [2.24, 2.45) is 5.73 Å². The van der Waals surface area contributed by atoms with Crippen LogP contribution in [0, 0.1) is 6.92 Å². The molecule has 1 aromatic rings. The Hall–Kier alpha value is -0.280. The zero-order valence-electron chi connectivity index (χ0n) is 8.90. The number of nitrogens with two attached hydrogens (primary N) is 1. The first-order valence-corrected chi connectivity index (χ1v) is 5.13. The Kier molecular flexibility index (Phi) is 6.22. The third kappa shape index (κ3) is 3.65. The van der Waals surface area contributed by atoms with E-state index in [0.29, 0.717) is 11.4 Å². The van der Waals surface area contributed by atoms with Crippen molar-refractivity contribution >= 4 is 24.0 Å². The average Bonchev–Trinajstić information content (AvgIpc) is 2.20. The van der Waals surface area contributed by atoms with Crippen LogP contribution in [0.1, 0.15) is 30.5 Å². The highest BCUT2D eigenvalue weighted by atomic mass is 35.5. The maximum Gasteiger partial charge on any atom is 0.0730 e. The normalized spacial score (nSPS) is 14.2. The minimum absolute atomic E-state index is 0. The molecular weight excluding hydrogens is 233 g/mol. The molecule has 86 valence electrons. The Morgan fingerprint density at radius 1 is 1.47 bits per heavy atom. The summed E-state index contributed by atoms with van der Waals surface area (Å²) in [6, 6.07) is 5.29. The molecule has 15 heavy (non-hydrogen) atoms. The third-order valence-corrected chi connectivity index (χ3v) is 2.82. The molecule has 0 aliphatic rings. The van der Waals surface area contributed by atoms with Gasteiger partial charge in [0.2, 0.25) is 0 Å². The van der Waals surface area contributed by atoms with E-state index in [4.69, 9.17) is 17.3 Å². The van der Waals surface area contributed by atoms with Crippen LogP contribution in [0.25, 0.3) is 0 Å². The van der Waals surface area contributed by atoms with Gasteiger partial charge >= 0.3 is 0 Å². The van der Waals surface area contributed by atoms with Crippen molar-refractivity contribution in [2.75, 3.05) is 0 Å². The molecule has 1 aromatic carbocycles. The molecular formula is C11H17Cl2NO. The second-order valence-corrected chi connectivity index (χ2v) is 3.92. The first-order valence-electron chi connectivity index (χ1n) is 4.76. The maximum atomic E-state index is 9.57. The molecule has 2 nitrogen and oxygen atoms in total. The largest absolute Gasteiger partial charge is 0.391 e. The lowest BCUT2D eigenvalue weighted by Gasteiger charge is -2.18. The zero-order chi connectivity index (χ0) is 10.7. The SMILES string of the molecule is CC[C@H](O)[C@H](N)c1ccc(C)c(Cl)c1.Cl. The van der Waals surface area contributed by atoms with Gasteiger partial charge in [-0.05, 0) is 30.5 Å². The summed E-state index contributed by atoms with van der Waals surface area (Å²) in [5.41, 5.74) is 7.77. The number of aliphatic hydroxyl groups excluding tert-OH is 1. The molecule has 0 amide bonds. The molecule has 0 saturated carbocycles. The van der Waals surface area contributed by atoms with E-state index in [0.717, 1.165) is 11.1 Å². The predicted octanol–water partition coefficient (Wildman–Crippen LogP) is 2.84. The highest BCUT2D eigenvalue weighted by Gasteiger charge is 2.15. The Balaban J connectivity index is 0.00000196. The number of halogens is 2. The third-order valence-electron chi connectivity index (χ3n) is 2.41. The summed E-state index contributed by atoms with van der Waals surface area (Å²) >= 11 is 5.97.